The molecule has 0 aliphatic heterocycles. The third-order valence-electron chi connectivity index (χ3n) is 3.62. The summed E-state index contributed by atoms with van der Waals surface area (Å²) in [6.45, 7) is 5.46. The molecule has 122 valence electrons. The highest BCUT2D eigenvalue weighted by atomic mass is 16.3. The van der Waals surface area contributed by atoms with Crippen molar-refractivity contribution in [3.8, 4) is 0 Å². The second kappa shape index (κ2) is 7.33. The van der Waals surface area contributed by atoms with Crippen LogP contribution in [-0.2, 0) is 6.42 Å². The second-order valence-corrected chi connectivity index (χ2v) is 6.33. The molecular formula is C18H23N3O2. The van der Waals surface area contributed by atoms with Gasteiger partial charge in [-0.3, -0.25) is 14.8 Å². The summed E-state index contributed by atoms with van der Waals surface area (Å²) in [6, 6.07) is 7.25. The molecule has 1 atom stereocenters. The van der Waals surface area contributed by atoms with E-state index in [9.17, 15) is 9.90 Å². The molecule has 0 bridgehead atoms. The van der Waals surface area contributed by atoms with Gasteiger partial charge in [0.2, 0.25) is 0 Å². The fourth-order valence-corrected chi connectivity index (χ4v) is 2.16. The predicted molar refractivity (Wildman–Crippen MR) is 89.0 cm³/mol. The van der Waals surface area contributed by atoms with Gasteiger partial charge in [-0.2, -0.15) is 0 Å². The third-order valence-corrected chi connectivity index (χ3v) is 3.62. The number of amides is 1. The molecule has 1 aromatic heterocycles. The normalized spacial score (nSPS) is 12.7. The number of hydrogen-bond acceptors (Lipinski definition) is 4. The smallest absolute Gasteiger partial charge is 0.251 e. The van der Waals surface area contributed by atoms with Crippen molar-refractivity contribution in [2.75, 3.05) is 0 Å². The minimum atomic E-state index is -0.678. The molecule has 0 unspecified atom stereocenters. The highest BCUT2D eigenvalue weighted by Crippen LogP contribution is 2.14. The largest absolute Gasteiger partial charge is 0.390 e. The highest BCUT2D eigenvalue weighted by Gasteiger charge is 2.14. The van der Waals surface area contributed by atoms with E-state index in [4.69, 9.17) is 0 Å². The van der Waals surface area contributed by atoms with Crippen molar-refractivity contribution in [2.24, 2.45) is 0 Å². The molecule has 0 radical (unpaired) electrons. The standard InChI is InChI=1S/C18H23N3O2/c1-13(16-12-19-10-11-20-16)21-17(22)15-6-4-14(5-7-15)8-9-18(2,3)23/h4-7,10-13,23H,8-9H2,1-3H3,(H,21,22)/t13-/m1/s1. The quantitative estimate of drug-likeness (QED) is 0.860. The Morgan fingerprint density at radius 1 is 1.26 bits per heavy atom. The number of aryl methyl sites for hydroxylation is 1. The van der Waals surface area contributed by atoms with Crippen molar-refractivity contribution in [3.05, 3.63) is 59.7 Å². The molecule has 0 spiro atoms. The summed E-state index contributed by atoms with van der Waals surface area (Å²) >= 11 is 0. The maximum Gasteiger partial charge on any atom is 0.251 e. The number of benzene rings is 1. The fourth-order valence-electron chi connectivity index (χ4n) is 2.16. The Bertz CT molecular complexity index is 634. The fraction of sp³-hybridized carbons (Fsp3) is 0.389. The Kier molecular flexibility index (Phi) is 5.45. The van der Waals surface area contributed by atoms with Crippen LogP contribution >= 0.6 is 0 Å². The summed E-state index contributed by atoms with van der Waals surface area (Å²) in [6.07, 6.45) is 6.31. The van der Waals surface area contributed by atoms with Gasteiger partial charge < -0.3 is 10.4 Å². The Labute approximate surface area is 136 Å². The van der Waals surface area contributed by atoms with Crippen LogP contribution in [0.2, 0.25) is 0 Å². The zero-order valence-corrected chi connectivity index (χ0v) is 13.8. The molecule has 0 saturated heterocycles. The van der Waals surface area contributed by atoms with Gasteiger partial charge in [-0.1, -0.05) is 12.1 Å². The maximum absolute atomic E-state index is 12.3. The van der Waals surface area contributed by atoms with Gasteiger partial charge in [0.15, 0.2) is 0 Å². The molecule has 5 nitrogen and oxygen atoms in total. The van der Waals surface area contributed by atoms with Crippen LogP contribution in [-0.4, -0.2) is 26.6 Å². The van der Waals surface area contributed by atoms with Crippen molar-refractivity contribution in [3.63, 3.8) is 0 Å². The molecule has 1 heterocycles. The van der Waals surface area contributed by atoms with E-state index in [-0.39, 0.29) is 11.9 Å². The van der Waals surface area contributed by atoms with E-state index in [0.717, 1.165) is 17.7 Å². The van der Waals surface area contributed by atoms with E-state index >= 15 is 0 Å². The van der Waals surface area contributed by atoms with Gasteiger partial charge in [0.25, 0.3) is 5.91 Å². The third kappa shape index (κ3) is 5.45. The summed E-state index contributed by atoms with van der Waals surface area (Å²) in [5.41, 5.74) is 1.75. The lowest BCUT2D eigenvalue weighted by atomic mass is 9.98. The molecule has 0 saturated carbocycles. The Hall–Kier alpha value is -2.27. The van der Waals surface area contributed by atoms with E-state index in [2.05, 4.69) is 15.3 Å². The first-order chi connectivity index (χ1) is 10.8. The van der Waals surface area contributed by atoms with Crippen LogP contribution in [0, 0.1) is 0 Å². The number of hydrogen-bond donors (Lipinski definition) is 2. The molecule has 1 aromatic carbocycles. The number of aliphatic hydroxyl groups is 1. The van der Waals surface area contributed by atoms with Gasteiger partial charge in [0.1, 0.15) is 0 Å². The first kappa shape index (κ1) is 17.1. The maximum atomic E-state index is 12.3. The number of carbonyl (C=O) groups is 1. The second-order valence-electron chi connectivity index (χ2n) is 6.33. The Morgan fingerprint density at radius 3 is 2.52 bits per heavy atom. The topological polar surface area (TPSA) is 75.1 Å². The number of rotatable bonds is 6. The van der Waals surface area contributed by atoms with Crippen LogP contribution in [0.15, 0.2) is 42.9 Å². The highest BCUT2D eigenvalue weighted by molar-refractivity contribution is 5.94. The number of aromatic nitrogens is 2. The SMILES string of the molecule is C[C@@H](NC(=O)c1ccc(CCC(C)(C)O)cc1)c1cnccn1. The zero-order valence-electron chi connectivity index (χ0n) is 13.8. The van der Waals surface area contributed by atoms with Gasteiger partial charge in [-0.05, 0) is 51.3 Å². The molecular weight excluding hydrogens is 290 g/mol. The van der Waals surface area contributed by atoms with Gasteiger partial charge in [-0.25, -0.2) is 0 Å². The van der Waals surface area contributed by atoms with Crippen LogP contribution in [0.25, 0.3) is 0 Å². The molecule has 2 N–H and O–H groups in total. The van der Waals surface area contributed by atoms with Crippen molar-refractivity contribution in [2.45, 2.75) is 45.3 Å². The summed E-state index contributed by atoms with van der Waals surface area (Å²) in [5.74, 6) is -0.141. The van der Waals surface area contributed by atoms with Crippen molar-refractivity contribution in [1.82, 2.24) is 15.3 Å². The van der Waals surface area contributed by atoms with E-state index in [1.54, 1.807) is 44.6 Å². The number of carbonyl (C=O) groups excluding carboxylic acids is 1. The van der Waals surface area contributed by atoms with E-state index < -0.39 is 5.60 Å². The molecule has 0 aliphatic rings. The number of nitrogens with zero attached hydrogens (tertiary/aromatic N) is 2. The Balaban J connectivity index is 1.95. The average Bonchev–Trinajstić information content (AvgIpc) is 2.53. The minimum Gasteiger partial charge on any atom is -0.390 e. The van der Waals surface area contributed by atoms with Crippen LogP contribution < -0.4 is 5.32 Å². The molecule has 1 amide bonds. The van der Waals surface area contributed by atoms with Crippen molar-refractivity contribution >= 4 is 5.91 Å². The van der Waals surface area contributed by atoms with Gasteiger partial charge in [-0.15, -0.1) is 0 Å². The molecule has 23 heavy (non-hydrogen) atoms. The Morgan fingerprint density at radius 2 is 1.96 bits per heavy atom. The molecule has 0 aliphatic carbocycles. The summed E-state index contributed by atoms with van der Waals surface area (Å²) < 4.78 is 0. The van der Waals surface area contributed by atoms with Gasteiger partial charge >= 0.3 is 0 Å². The first-order valence-electron chi connectivity index (χ1n) is 7.73. The summed E-state index contributed by atoms with van der Waals surface area (Å²) in [7, 11) is 0. The van der Waals surface area contributed by atoms with Gasteiger partial charge in [0.05, 0.1) is 23.5 Å². The molecule has 2 aromatic rings. The van der Waals surface area contributed by atoms with Crippen molar-refractivity contribution in [1.29, 1.82) is 0 Å². The lowest BCUT2D eigenvalue weighted by Gasteiger charge is -2.16. The molecule has 2 rings (SSSR count). The summed E-state index contributed by atoms with van der Waals surface area (Å²) in [4.78, 5) is 20.4. The number of nitrogens with one attached hydrogen (secondary N) is 1. The van der Waals surface area contributed by atoms with E-state index in [1.807, 2.05) is 19.1 Å². The van der Waals surface area contributed by atoms with E-state index in [1.165, 1.54) is 0 Å². The zero-order chi connectivity index (χ0) is 16.9. The van der Waals surface area contributed by atoms with Crippen LogP contribution in [0.1, 0.15) is 54.8 Å². The first-order valence-corrected chi connectivity index (χ1v) is 7.73. The molecule has 0 fully saturated rings. The summed E-state index contributed by atoms with van der Waals surface area (Å²) in [5, 5.41) is 12.7. The van der Waals surface area contributed by atoms with Crippen LogP contribution in [0.4, 0.5) is 0 Å². The average molecular weight is 313 g/mol. The van der Waals surface area contributed by atoms with Gasteiger partial charge in [0, 0.05) is 18.0 Å². The lowest BCUT2D eigenvalue weighted by molar-refractivity contribution is 0.0713. The van der Waals surface area contributed by atoms with Crippen molar-refractivity contribution < 1.29 is 9.90 Å². The predicted octanol–water partition coefficient (Wildman–Crippen LogP) is 2.67. The van der Waals surface area contributed by atoms with Crippen LogP contribution in [0.3, 0.4) is 0 Å². The monoisotopic (exact) mass is 313 g/mol. The lowest BCUT2D eigenvalue weighted by Crippen LogP contribution is -2.27. The molecule has 5 heteroatoms. The van der Waals surface area contributed by atoms with Crippen LogP contribution in [0.5, 0.6) is 0 Å². The van der Waals surface area contributed by atoms with E-state index in [0.29, 0.717) is 12.0 Å². The minimum absolute atomic E-state index is 0.141.